The van der Waals surface area contributed by atoms with E-state index in [1.807, 2.05) is 0 Å². The lowest BCUT2D eigenvalue weighted by Gasteiger charge is -2.34. The van der Waals surface area contributed by atoms with E-state index in [2.05, 4.69) is 24.1 Å². The van der Waals surface area contributed by atoms with E-state index in [1.54, 1.807) is 4.90 Å². The summed E-state index contributed by atoms with van der Waals surface area (Å²) >= 11 is 0. The van der Waals surface area contributed by atoms with Crippen LogP contribution in [0.3, 0.4) is 0 Å². The maximum absolute atomic E-state index is 12.2. The van der Waals surface area contributed by atoms with Crippen molar-refractivity contribution in [1.29, 1.82) is 0 Å². The number of hydrogen-bond donors (Lipinski definition) is 1. The number of carbonyl (C=O) groups excluding carboxylic acids is 1. The third-order valence-electron chi connectivity index (χ3n) is 3.39. The maximum Gasteiger partial charge on any atom is 0.322 e. The van der Waals surface area contributed by atoms with Crippen molar-refractivity contribution in [1.82, 2.24) is 9.88 Å². The number of carbonyl (C=O) groups is 1. The standard InChI is InChI=1S/C13H18N4O3/c1-9-5-10(2)8-16(7-9)13(18)15-11-3-4-14-6-12(11)17(19)20/h3-4,6,9-10H,5,7-8H2,1-2H3,(H,14,15,18)/t9-,10+. The molecule has 1 aromatic heterocycles. The van der Waals surface area contributed by atoms with Crippen LogP contribution in [0.15, 0.2) is 18.5 Å². The molecule has 1 saturated heterocycles. The topological polar surface area (TPSA) is 88.4 Å². The van der Waals surface area contributed by atoms with E-state index < -0.39 is 4.92 Å². The Morgan fingerprint density at radius 1 is 1.45 bits per heavy atom. The van der Waals surface area contributed by atoms with E-state index in [0.29, 0.717) is 24.9 Å². The SMILES string of the molecule is C[C@@H]1C[C@H](C)CN(C(=O)Nc2ccncc2[N+](=O)[O-])C1. The van der Waals surface area contributed by atoms with Gasteiger partial charge in [0.15, 0.2) is 0 Å². The van der Waals surface area contributed by atoms with Crippen LogP contribution >= 0.6 is 0 Å². The Morgan fingerprint density at radius 2 is 2.10 bits per heavy atom. The average molecular weight is 278 g/mol. The highest BCUT2D eigenvalue weighted by Crippen LogP contribution is 2.25. The minimum atomic E-state index is -0.552. The monoisotopic (exact) mass is 278 g/mol. The molecule has 1 aliphatic heterocycles. The zero-order valence-electron chi connectivity index (χ0n) is 11.6. The van der Waals surface area contributed by atoms with Gasteiger partial charge in [0, 0.05) is 19.3 Å². The second-order valence-electron chi connectivity index (χ2n) is 5.43. The van der Waals surface area contributed by atoms with Gasteiger partial charge in [0.25, 0.3) is 0 Å². The Hall–Kier alpha value is -2.18. The predicted molar refractivity (Wildman–Crippen MR) is 74.4 cm³/mol. The number of anilines is 1. The number of amides is 2. The van der Waals surface area contributed by atoms with Crippen molar-refractivity contribution in [2.75, 3.05) is 18.4 Å². The molecule has 2 rings (SSSR count). The molecule has 0 spiro atoms. The number of rotatable bonds is 2. The molecule has 1 aromatic rings. The lowest BCUT2D eigenvalue weighted by atomic mass is 9.92. The van der Waals surface area contributed by atoms with Gasteiger partial charge in [-0.05, 0) is 24.3 Å². The summed E-state index contributed by atoms with van der Waals surface area (Å²) in [5.41, 5.74) is -0.0140. The Labute approximate surface area is 117 Å². The van der Waals surface area contributed by atoms with E-state index in [0.717, 1.165) is 12.6 Å². The number of urea groups is 1. The summed E-state index contributed by atoms with van der Waals surface area (Å²) in [5, 5.41) is 13.5. The zero-order valence-corrected chi connectivity index (χ0v) is 11.6. The van der Waals surface area contributed by atoms with E-state index in [-0.39, 0.29) is 17.4 Å². The van der Waals surface area contributed by atoms with Crippen molar-refractivity contribution in [3.63, 3.8) is 0 Å². The lowest BCUT2D eigenvalue weighted by molar-refractivity contribution is -0.384. The lowest BCUT2D eigenvalue weighted by Crippen LogP contribution is -2.44. The van der Waals surface area contributed by atoms with Gasteiger partial charge in [0.2, 0.25) is 0 Å². The Kier molecular flexibility index (Phi) is 4.16. The van der Waals surface area contributed by atoms with Crippen LogP contribution in [0.2, 0.25) is 0 Å². The van der Waals surface area contributed by atoms with E-state index in [9.17, 15) is 14.9 Å². The molecule has 7 nitrogen and oxygen atoms in total. The summed E-state index contributed by atoms with van der Waals surface area (Å²) in [6.45, 7) is 5.56. The van der Waals surface area contributed by atoms with Crippen LogP contribution in [-0.4, -0.2) is 33.9 Å². The Morgan fingerprint density at radius 3 is 2.70 bits per heavy atom. The first kappa shape index (κ1) is 14.2. The second kappa shape index (κ2) is 5.85. The smallest absolute Gasteiger partial charge is 0.322 e. The third-order valence-corrected chi connectivity index (χ3v) is 3.39. The van der Waals surface area contributed by atoms with Gasteiger partial charge < -0.3 is 10.2 Å². The molecule has 2 amide bonds. The highest BCUT2D eigenvalue weighted by molar-refractivity contribution is 5.91. The molecule has 108 valence electrons. The molecule has 7 heteroatoms. The van der Waals surface area contributed by atoms with Crippen LogP contribution in [0.1, 0.15) is 20.3 Å². The molecule has 2 atom stereocenters. The van der Waals surface area contributed by atoms with E-state index in [1.165, 1.54) is 12.3 Å². The molecule has 0 aliphatic carbocycles. The summed E-state index contributed by atoms with van der Waals surface area (Å²) in [6, 6.07) is 1.14. The number of piperidine rings is 1. The van der Waals surface area contributed by atoms with Crippen LogP contribution in [-0.2, 0) is 0 Å². The number of likely N-dealkylation sites (tertiary alicyclic amines) is 1. The van der Waals surface area contributed by atoms with Crippen LogP contribution < -0.4 is 5.32 Å². The molecule has 0 saturated carbocycles. The summed E-state index contributed by atoms with van der Waals surface area (Å²) in [5.74, 6) is 0.883. The summed E-state index contributed by atoms with van der Waals surface area (Å²) < 4.78 is 0. The minimum absolute atomic E-state index is 0.181. The van der Waals surface area contributed by atoms with Gasteiger partial charge in [-0.15, -0.1) is 0 Å². The molecule has 0 bridgehead atoms. The largest absolute Gasteiger partial charge is 0.324 e. The van der Waals surface area contributed by atoms with Crippen LogP contribution in [0.5, 0.6) is 0 Å². The fourth-order valence-corrected chi connectivity index (χ4v) is 2.66. The molecule has 2 heterocycles. The zero-order chi connectivity index (χ0) is 14.7. The molecule has 1 fully saturated rings. The Balaban J connectivity index is 2.10. The molecule has 1 N–H and O–H groups in total. The second-order valence-corrected chi connectivity index (χ2v) is 5.43. The number of hydrogen-bond acceptors (Lipinski definition) is 4. The van der Waals surface area contributed by atoms with E-state index >= 15 is 0 Å². The summed E-state index contributed by atoms with van der Waals surface area (Å²) in [6.07, 6.45) is 3.65. The summed E-state index contributed by atoms with van der Waals surface area (Å²) in [4.78, 5) is 28.0. The molecule has 1 aliphatic rings. The van der Waals surface area contributed by atoms with E-state index in [4.69, 9.17) is 0 Å². The third kappa shape index (κ3) is 3.23. The van der Waals surface area contributed by atoms with Crippen molar-refractivity contribution in [3.8, 4) is 0 Å². The number of aromatic nitrogens is 1. The highest BCUT2D eigenvalue weighted by Gasteiger charge is 2.26. The van der Waals surface area contributed by atoms with Gasteiger partial charge >= 0.3 is 11.7 Å². The van der Waals surface area contributed by atoms with Gasteiger partial charge in [-0.1, -0.05) is 13.8 Å². The van der Waals surface area contributed by atoms with Crippen molar-refractivity contribution in [3.05, 3.63) is 28.6 Å². The average Bonchev–Trinajstić information content (AvgIpc) is 2.37. The number of nitrogens with one attached hydrogen (secondary N) is 1. The number of nitrogens with zero attached hydrogens (tertiary/aromatic N) is 3. The fraction of sp³-hybridized carbons (Fsp3) is 0.538. The quantitative estimate of drug-likeness (QED) is 0.665. The van der Waals surface area contributed by atoms with Crippen LogP contribution in [0.4, 0.5) is 16.2 Å². The van der Waals surface area contributed by atoms with Crippen molar-refractivity contribution in [2.45, 2.75) is 20.3 Å². The molecule has 20 heavy (non-hydrogen) atoms. The van der Waals surface area contributed by atoms with Crippen molar-refractivity contribution >= 4 is 17.4 Å². The van der Waals surface area contributed by atoms with Gasteiger partial charge in [-0.2, -0.15) is 0 Å². The highest BCUT2D eigenvalue weighted by atomic mass is 16.6. The summed E-state index contributed by atoms with van der Waals surface area (Å²) in [7, 11) is 0. The van der Waals surface area contributed by atoms with Crippen LogP contribution in [0.25, 0.3) is 0 Å². The molecule has 0 radical (unpaired) electrons. The fourth-order valence-electron chi connectivity index (χ4n) is 2.66. The van der Waals surface area contributed by atoms with Gasteiger partial charge in [0.05, 0.1) is 4.92 Å². The van der Waals surface area contributed by atoms with Gasteiger partial charge in [0.1, 0.15) is 11.9 Å². The number of pyridine rings is 1. The first-order valence-electron chi connectivity index (χ1n) is 6.61. The number of nitro groups is 1. The first-order valence-corrected chi connectivity index (χ1v) is 6.61. The molecule has 0 aromatic carbocycles. The van der Waals surface area contributed by atoms with Crippen molar-refractivity contribution in [2.24, 2.45) is 11.8 Å². The van der Waals surface area contributed by atoms with Gasteiger partial charge in [-0.3, -0.25) is 15.1 Å². The van der Waals surface area contributed by atoms with Gasteiger partial charge in [-0.25, -0.2) is 4.79 Å². The first-order chi connectivity index (χ1) is 9.47. The predicted octanol–water partition coefficient (Wildman–Crippen LogP) is 2.50. The van der Waals surface area contributed by atoms with Crippen LogP contribution in [0, 0.1) is 22.0 Å². The molecule has 0 unspecified atom stereocenters. The maximum atomic E-state index is 12.2. The molecular weight excluding hydrogens is 260 g/mol. The van der Waals surface area contributed by atoms with Crippen molar-refractivity contribution < 1.29 is 9.72 Å². The Bertz CT molecular complexity index is 510. The normalized spacial score (nSPS) is 22.4. The minimum Gasteiger partial charge on any atom is -0.324 e. The molecular formula is C13H18N4O3.